The lowest BCUT2D eigenvalue weighted by atomic mass is 10.0. The minimum Gasteiger partial charge on any atom is -0.375 e. The van der Waals surface area contributed by atoms with Gasteiger partial charge in [-0.15, -0.1) is 0 Å². The first-order valence-corrected chi connectivity index (χ1v) is 6.32. The molecule has 0 spiro atoms. The minimum absolute atomic E-state index is 0.0309. The predicted octanol–water partition coefficient (Wildman–Crippen LogP) is 2.90. The number of hydrogen-bond donors (Lipinski definition) is 0. The van der Waals surface area contributed by atoms with E-state index in [4.69, 9.17) is 9.47 Å². The summed E-state index contributed by atoms with van der Waals surface area (Å²) >= 11 is 0. The van der Waals surface area contributed by atoms with Crippen LogP contribution in [0.25, 0.3) is 0 Å². The fourth-order valence-corrected chi connectivity index (χ4v) is 2.44. The van der Waals surface area contributed by atoms with Crippen LogP contribution in [-0.2, 0) is 14.3 Å². The highest BCUT2D eigenvalue weighted by molar-refractivity contribution is 5.83. The summed E-state index contributed by atoms with van der Waals surface area (Å²) in [5.41, 5.74) is 0.635. The molecule has 3 nitrogen and oxygen atoms in total. The Morgan fingerprint density at radius 2 is 2.00 bits per heavy atom. The fourth-order valence-electron chi connectivity index (χ4n) is 2.44. The Morgan fingerprint density at radius 3 is 2.61 bits per heavy atom. The van der Waals surface area contributed by atoms with Crippen molar-refractivity contribution >= 4 is 5.78 Å². The summed E-state index contributed by atoms with van der Waals surface area (Å²) in [5.74, 6) is 0.213. The topological polar surface area (TPSA) is 35.5 Å². The van der Waals surface area contributed by atoms with Gasteiger partial charge >= 0.3 is 0 Å². The molecule has 1 aromatic carbocycles. The molecule has 3 heteroatoms. The first-order valence-electron chi connectivity index (χ1n) is 6.32. The van der Waals surface area contributed by atoms with Gasteiger partial charge in [-0.1, -0.05) is 30.3 Å². The van der Waals surface area contributed by atoms with Gasteiger partial charge in [-0.05, 0) is 19.4 Å². The van der Waals surface area contributed by atoms with Crippen LogP contribution in [-0.4, -0.2) is 24.6 Å². The van der Waals surface area contributed by atoms with E-state index in [0.29, 0.717) is 12.8 Å². The Balaban J connectivity index is 2.07. The first kappa shape index (κ1) is 13.2. The first-order chi connectivity index (χ1) is 8.55. The molecule has 0 heterocycles. The molecule has 2 rings (SSSR count). The van der Waals surface area contributed by atoms with E-state index in [1.807, 2.05) is 44.2 Å². The quantitative estimate of drug-likeness (QED) is 0.822. The Bertz CT molecular complexity index is 415. The Morgan fingerprint density at radius 1 is 1.33 bits per heavy atom. The van der Waals surface area contributed by atoms with Crippen molar-refractivity contribution in [2.24, 2.45) is 0 Å². The van der Waals surface area contributed by atoms with Gasteiger partial charge in [0, 0.05) is 20.0 Å². The molecule has 1 saturated carbocycles. The summed E-state index contributed by atoms with van der Waals surface area (Å²) in [5, 5.41) is 0. The van der Waals surface area contributed by atoms with Gasteiger partial charge in [0.05, 0.1) is 17.8 Å². The molecule has 0 unspecified atom stereocenters. The van der Waals surface area contributed by atoms with Gasteiger partial charge in [0.15, 0.2) is 0 Å². The zero-order valence-electron chi connectivity index (χ0n) is 11.2. The van der Waals surface area contributed by atoms with Crippen molar-refractivity contribution < 1.29 is 14.3 Å². The van der Waals surface area contributed by atoms with Crippen LogP contribution in [0.2, 0.25) is 0 Å². The largest absolute Gasteiger partial charge is 0.375 e. The molecule has 1 fully saturated rings. The number of carbonyl (C=O) groups excluding carboxylic acids is 1. The van der Waals surface area contributed by atoms with Crippen molar-refractivity contribution in [1.82, 2.24) is 0 Å². The second-order valence-corrected chi connectivity index (χ2v) is 5.11. The molecular weight excluding hydrogens is 228 g/mol. The summed E-state index contributed by atoms with van der Waals surface area (Å²) in [6, 6.07) is 10.0. The molecule has 0 radical (unpaired) electrons. The van der Waals surface area contributed by atoms with Gasteiger partial charge < -0.3 is 9.47 Å². The molecule has 18 heavy (non-hydrogen) atoms. The third kappa shape index (κ3) is 2.62. The Hall–Kier alpha value is -1.19. The second-order valence-electron chi connectivity index (χ2n) is 5.11. The average Bonchev–Trinajstić information content (AvgIpc) is 2.66. The summed E-state index contributed by atoms with van der Waals surface area (Å²) in [6.07, 6.45) is 0.693. The number of ketones is 1. The molecule has 1 aliphatic carbocycles. The number of carbonyl (C=O) groups is 1. The van der Waals surface area contributed by atoms with Crippen LogP contribution in [0.15, 0.2) is 30.3 Å². The van der Waals surface area contributed by atoms with Crippen molar-refractivity contribution in [3.05, 3.63) is 35.9 Å². The lowest BCUT2D eigenvalue weighted by Gasteiger charge is -2.31. The number of methoxy groups -OCH3 is 1. The van der Waals surface area contributed by atoms with Gasteiger partial charge in [-0.25, -0.2) is 0 Å². The van der Waals surface area contributed by atoms with Crippen LogP contribution in [0, 0.1) is 0 Å². The minimum atomic E-state index is -0.486. The molecule has 0 aliphatic heterocycles. The Kier molecular flexibility index (Phi) is 3.83. The van der Waals surface area contributed by atoms with Gasteiger partial charge in [0.25, 0.3) is 0 Å². The van der Waals surface area contributed by atoms with Crippen molar-refractivity contribution in [3.8, 4) is 0 Å². The van der Waals surface area contributed by atoms with E-state index >= 15 is 0 Å². The zero-order chi connectivity index (χ0) is 13.2. The maximum atomic E-state index is 11.6. The molecule has 0 N–H and O–H groups in total. The molecular formula is C15H20O3. The van der Waals surface area contributed by atoms with E-state index in [0.717, 1.165) is 5.56 Å². The molecule has 1 aromatic rings. The molecule has 0 bridgehead atoms. The third-order valence-electron chi connectivity index (χ3n) is 3.75. The lowest BCUT2D eigenvalue weighted by molar-refractivity contribution is -0.124. The molecule has 0 amide bonds. The number of benzene rings is 1. The van der Waals surface area contributed by atoms with Crippen LogP contribution in [0.3, 0.4) is 0 Å². The number of rotatable bonds is 4. The van der Waals surface area contributed by atoms with E-state index in [1.54, 1.807) is 7.11 Å². The summed E-state index contributed by atoms with van der Waals surface area (Å²) < 4.78 is 11.5. The van der Waals surface area contributed by atoms with Gasteiger partial charge in [0.2, 0.25) is 0 Å². The van der Waals surface area contributed by atoms with Crippen LogP contribution >= 0.6 is 0 Å². The van der Waals surface area contributed by atoms with Crippen molar-refractivity contribution in [1.29, 1.82) is 0 Å². The molecule has 98 valence electrons. The van der Waals surface area contributed by atoms with Crippen molar-refractivity contribution in [3.63, 3.8) is 0 Å². The highest BCUT2D eigenvalue weighted by atomic mass is 16.6. The second kappa shape index (κ2) is 5.21. The fraction of sp³-hybridized carbons (Fsp3) is 0.533. The standard InChI is InChI=1S/C15H20O3/c1-11(12-7-5-4-6-8-12)18-14-9-13(16)10-15(14,2)17-3/h4-8,11,14H,9-10H2,1-3H3/t11-,14+,15+/m1/s1. The molecule has 0 aromatic heterocycles. The molecule has 3 atom stereocenters. The van der Waals surface area contributed by atoms with Crippen molar-refractivity contribution in [2.45, 2.75) is 44.5 Å². The van der Waals surface area contributed by atoms with E-state index in [9.17, 15) is 4.79 Å². The summed E-state index contributed by atoms with van der Waals surface area (Å²) in [7, 11) is 1.64. The average molecular weight is 248 g/mol. The normalized spacial score (nSPS) is 29.5. The smallest absolute Gasteiger partial charge is 0.138 e. The summed E-state index contributed by atoms with van der Waals surface area (Å²) in [6.45, 7) is 3.95. The SMILES string of the molecule is CO[C@@]1(C)CC(=O)C[C@@H]1O[C@H](C)c1ccccc1. The van der Waals surface area contributed by atoms with Crippen LogP contribution in [0.1, 0.15) is 38.4 Å². The number of ether oxygens (including phenoxy) is 2. The van der Waals surface area contributed by atoms with Crippen LogP contribution < -0.4 is 0 Å². The lowest BCUT2D eigenvalue weighted by Crippen LogP contribution is -2.38. The van der Waals surface area contributed by atoms with Crippen molar-refractivity contribution in [2.75, 3.05) is 7.11 Å². The predicted molar refractivity (Wildman–Crippen MR) is 69.4 cm³/mol. The highest BCUT2D eigenvalue weighted by Gasteiger charge is 2.45. The van der Waals surface area contributed by atoms with E-state index in [1.165, 1.54) is 0 Å². The zero-order valence-corrected chi connectivity index (χ0v) is 11.2. The maximum Gasteiger partial charge on any atom is 0.138 e. The van der Waals surface area contributed by atoms with Gasteiger partial charge in [-0.2, -0.15) is 0 Å². The Labute approximate surface area is 108 Å². The van der Waals surface area contributed by atoms with E-state index in [2.05, 4.69) is 0 Å². The maximum absolute atomic E-state index is 11.6. The van der Waals surface area contributed by atoms with E-state index in [-0.39, 0.29) is 18.0 Å². The van der Waals surface area contributed by atoms with Crippen LogP contribution in [0.4, 0.5) is 0 Å². The molecule has 0 saturated heterocycles. The highest BCUT2D eigenvalue weighted by Crippen LogP contribution is 2.35. The third-order valence-corrected chi connectivity index (χ3v) is 3.75. The summed E-state index contributed by atoms with van der Waals surface area (Å²) in [4.78, 5) is 11.6. The van der Waals surface area contributed by atoms with Gasteiger partial charge in [0.1, 0.15) is 5.78 Å². The van der Waals surface area contributed by atoms with Crippen LogP contribution in [0.5, 0.6) is 0 Å². The number of Topliss-reactive ketones (excluding diaryl/α,β-unsaturated/α-hetero) is 1. The van der Waals surface area contributed by atoms with E-state index < -0.39 is 5.60 Å². The van der Waals surface area contributed by atoms with Gasteiger partial charge in [-0.3, -0.25) is 4.79 Å². The molecule has 1 aliphatic rings. The monoisotopic (exact) mass is 248 g/mol. The number of hydrogen-bond acceptors (Lipinski definition) is 3.